The van der Waals surface area contributed by atoms with Crippen molar-refractivity contribution in [1.29, 1.82) is 0 Å². The molecule has 3 aromatic rings. The van der Waals surface area contributed by atoms with Crippen molar-refractivity contribution < 1.29 is 19.4 Å². The number of hydrogen-bond donors (Lipinski definition) is 1. The second kappa shape index (κ2) is 11.0. The molecule has 0 bridgehead atoms. The van der Waals surface area contributed by atoms with Gasteiger partial charge in [-0.1, -0.05) is 94.4 Å². The summed E-state index contributed by atoms with van der Waals surface area (Å²) in [5, 5.41) is 11.4. The number of amides is 1. The van der Waals surface area contributed by atoms with Gasteiger partial charge in [-0.05, 0) is 47.1 Å². The number of ketones is 1. The Bertz CT molecular complexity index is 1290. The summed E-state index contributed by atoms with van der Waals surface area (Å²) in [5.41, 5.74) is 3.54. The number of nitrogens with zero attached hydrogens (tertiary/aromatic N) is 1. The predicted molar refractivity (Wildman–Crippen MR) is 147 cm³/mol. The van der Waals surface area contributed by atoms with E-state index in [-0.39, 0.29) is 16.7 Å². The van der Waals surface area contributed by atoms with Gasteiger partial charge in [0.2, 0.25) is 0 Å². The van der Waals surface area contributed by atoms with Crippen LogP contribution in [0.15, 0.2) is 84.4 Å². The number of carbonyl (C=O) groups excluding carboxylic acids is 2. The molecule has 0 saturated carbocycles. The maximum Gasteiger partial charge on any atom is 0.295 e. The molecule has 1 N–H and O–H groups in total. The smallest absolute Gasteiger partial charge is 0.295 e. The normalized spacial score (nSPS) is 17.3. The Morgan fingerprint density at radius 1 is 0.946 bits per heavy atom. The molecule has 37 heavy (non-hydrogen) atoms. The van der Waals surface area contributed by atoms with E-state index >= 15 is 0 Å². The van der Waals surface area contributed by atoms with Crippen LogP contribution in [0.5, 0.6) is 5.75 Å². The number of aliphatic hydroxyl groups is 1. The molecular weight excluding hydrogens is 462 g/mol. The third-order valence-electron chi connectivity index (χ3n) is 6.70. The van der Waals surface area contributed by atoms with Gasteiger partial charge in [0.15, 0.2) is 0 Å². The average Bonchev–Trinajstić information content (AvgIpc) is 3.15. The molecule has 0 aromatic heterocycles. The molecule has 1 saturated heterocycles. The average molecular weight is 498 g/mol. The Balaban J connectivity index is 1.77. The topological polar surface area (TPSA) is 66.8 Å². The third kappa shape index (κ3) is 5.77. The van der Waals surface area contributed by atoms with Gasteiger partial charge in [0.05, 0.1) is 18.2 Å². The summed E-state index contributed by atoms with van der Waals surface area (Å²) >= 11 is 0. The van der Waals surface area contributed by atoms with Crippen LogP contribution < -0.4 is 4.74 Å². The van der Waals surface area contributed by atoms with Crippen molar-refractivity contribution in [2.24, 2.45) is 0 Å². The lowest BCUT2D eigenvalue weighted by atomic mass is 9.85. The van der Waals surface area contributed by atoms with E-state index in [0.29, 0.717) is 30.9 Å². The zero-order valence-corrected chi connectivity index (χ0v) is 22.0. The SMILES string of the molecule is CCCOc1cccc(C(O)=C2C(=O)C(=O)N(CCc3ccccc3)C2c2ccc(C(C)(C)C)cc2)c1. The molecule has 1 atom stereocenters. The van der Waals surface area contributed by atoms with E-state index < -0.39 is 17.7 Å². The minimum Gasteiger partial charge on any atom is -0.507 e. The lowest BCUT2D eigenvalue weighted by molar-refractivity contribution is -0.139. The van der Waals surface area contributed by atoms with Crippen molar-refractivity contribution in [3.63, 3.8) is 0 Å². The molecule has 1 heterocycles. The molecule has 1 aliphatic rings. The molecule has 0 aliphatic carbocycles. The molecule has 1 fully saturated rings. The Kier molecular flexibility index (Phi) is 7.82. The Hall–Kier alpha value is -3.86. The number of Topliss-reactive ketones (excluding diaryl/α,β-unsaturated/α-hetero) is 1. The number of rotatable bonds is 8. The summed E-state index contributed by atoms with van der Waals surface area (Å²) in [5.74, 6) is -0.848. The number of likely N-dealkylation sites (tertiary alicyclic amines) is 1. The summed E-state index contributed by atoms with van der Waals surface area (Å²) in [7, 11) is 0. The van der Waals surface area contributed by atoms with Gasteiger partial charge >= 0.3 is 0 Å². The quantitative estimate of drug-likeness (QED) is 0.221. The van der Waals surface area contributed by atoms with Gasteiger partial charge in [-0.3, -0.25) is 9.59 Å². The van der Waals surface area contributed by atoms with E-state index in [0.717, 1.165) is 23.1 Å². The van der Waals surface area contributed by atoms with Crippen LogP contribution in [0.4, 0.5) is 0 Å². The van der Waals surface area contributed by atoms with Gasteiger partial charge in [-0.15, -0.1) is 0 Å². The highest BCUT2D eigenvalue weighted by Gasteiger charge is 2.45. The maximum atomic E-state index is 13.4. The molecule has 1 amide bonds. The van der Waals surface area contributed by atoms with Gasteiger partial charge in [0.1, 0.15) is 11.5 Å². The first-order valence-electron chi connectivity index (χ1n) is 12.9. The lowest BCUT2D eigenvalue weighted by Crippen LogP contribution is -2.31. The molecule has 1 unspecified atom stereocenters. The second-order valence-electron chi connectivity index (χ2n) is 10.5. The van der Waals surface area contributed by atoms with Crippen molar-refractivity contribution >= 4 is 17.4 Å². The van der Waals surface area contributed by atoms with E-state index in [4.69, 9.17) is 4.74 Å². The van der Waals surface area contributed by atoms with Crippen LogP contribution >= 0.6 is 0 Å². The number of hydrogen-bond acceptors (Lipinski definition) is 4. The fourth-order valence-corrected chi connectivity index (χ4v) is 4.63. The third-order valence-corrected chi connectivity index (χ3v) is 6.70. The summed E-state index contributed by atoms with van der Waals surface area (Å²) in [4.78, 5) is 28.3. The Morgan fingerprint density at radius 2 is 1.65 bits per heavy atom. The fourth-order valence-electron chi connectivity index (χ4n) is 4.63. The molecule has 4 rings (SSSR count). The van der Waals surface area contributed by atoms with Crippen LogP contribution in [0.3, 0.4) is 0 Å². The molecule has 3 aromatic carbocycles. The summed E-state index contributed by atoms with van der Waals surface area (Å²) < 4.78 is 5.73. The molecular formula is C32H35NO4. The zero-order valence-electron chi connectivity index (χ0n) is 22.0. The van der Waals surface area contributed by atoms with Crippen LogP contribution in [0.2, 0.25) is 0 Å². The molecule has 5 nitrogen and oxygen atoms in total. The van der Waals surface area contributed by atoms with Crippen molar-refractivity contribution in [2.45, 2.75) is 52.0 Å². The summed E-state index contributed by atoms with van der Waals surface area (Å²) in [6, 6.07) is 24.2. The second-order valence-corrected chi connectivity index (χ2v) is 10.5. The van der Waals surface area contributed by atoms with E-state index in [1.807, 2.05) is 67.6 Å². The van der Waals surface area contributed by atoms with Gasteiger partial charge in [0.25, 0.3) is 11.7 Å². The Labute approximate surface area is 219 Å². The van der Waals surface area contributed by atoms with E-state index in [2.05, 4.69) is 20.8 Å². The molecule has 0 spiro atoms. The number of benzene rings is 3. The van der Waals surface area contributed by atoms with E-state index in [1.165, 1.54) is 0 Å². The van der Waals surface area contributed by atoms with Crippen molar-refractivity contribution in [3.8, 4) is 5.75 Å². The largest absolute Gasteiger partial charge is 0.507 e. The first-order chi connectivity index (χ1) is 17.7. The van der Waals surface area contributed by atoms with Crippen molar-refractivity contribution in [1.82, 2.24) is 4.90 Å². The molecule has 5 heteroatoms. The number of ether oxygens (including phenoxy) is 1. The highest BCUT2D eigenvalue weighted by atomic mass is 16.5. The van der Waals surface area contributed by atoms with Crippen LogP contribution in [0, 0.1) is 0 Å². The first-order valence-corrected chi connectivity index (χ1v) is 12.9. The molecule has 192 valence electrons. The predicted octanol–water partition coefficient (Wildman–Crippen LogP) is 6.44. The first kappa shape index (κ1) is 26.2. The van der Waals surface area contributed by atoms with Crippen molar-refractivity contribution in [2.75, 3.05) is 13.2 Å². The van der Waals surface area contributed by atoms with Crippen LogP contribution in [-0.4, -0.2) is 34.8 Å². The zero-order chi connectivity index (χ0) is 26.6. The summed E-state index contributed by atoms with van der Waals surface area (Å²) in [6.07, 6.45) is 1.46. The van der Waals surface area contributed by atoms with Crippen LogP contribution in [0.1, 0.15) is 62.4 Å². The monoisotopic (exact) mass is 497 g/mol. The highest BCUT2D eigenvalue weighted by Crippen LogP contribution is 2.40. The lowest BCUT2D eigenvalue weighted by Gasteiger charge is -2.26. The molecule has 0 radical (unpaired) electrons. The highest BCUT2D eigenvalue weighted by molar-refractivity contribution is 6.46. The maximum absolute atomic E-state index is 13.4. The summed E-state index contributed by atoms with van der Waals surface area (Å²) in [6.45, 7) is 9.35. The Morgan fingerprint density at radius 3 is 2.30 bits per heavy atom. The fraction of sp³-hybridized carbons (Fsp3) is 0.312. The van der Waals surface area contributed by atoms with E-state index in [1.54, 1.807) is 23.1 Å². The van der Waals surface area contributed by atoms with Gasteiger partial charge in [-0.2, -0.15) is 0 Å². The molecule has 1 aliphatic heterocycles. The van der Waals surface area contributed by atoms with Gasteiger partial charge in [-0.25, -0.2) is 0 Å². The number of aliphatic hydroxyl groups excluding tert-OH is 1. The van der Waals surface area contributed by atoms with Crippen molar-refractivity contribution in [3.05, 3.63) is 107 Å². The number of carbonyl (C=O) groups is 2. The van der Waals surface area contributed by atoms with Crippen LogP contribution in [-0.2, 0) is 21.4 Å². The standard InChI is InChI=1S/C32H35NO4/c1-5-20-37-26-13-9-12-24(21-26)29(34)27-28(23-14-16-25(17-15-23)32(2,3)4)33(31(36)30(27)35)19-18-22-10-7-6-8-11-22/h6-17,21,28,34H,5,18-20H2,1-4H3. The van der Waals surface area contributed by atoms with Gasteiger partial charge in [0, 0.05) is 12.1 Å². The van der Waals surface area contributed by atoms with Gasteiger partial charge < -0.3 is 14.7 Å². The van der Waals surface area contributed by atoms with Crippen LogP contribution in [0.25, 0.3) is 5.76 Å². The minimum absolute atomic E-state index is 0.0351. The minimum atomic E-state index is -0.682. The van der Waals surface area contributed by atoms with E-state index in [9.17, 15) is 14.7 Å².